The van der Waals surface area contributed by atoms with Crippen LogP contribution in [0.2, 0.25) is 0 Å². The Bertz CT molecular complexity index is 614. The molecule has 1 aromatic rings. The van der Waals surface area contributed by atoms with E-state index in [4.69, 9.17) is 0 Å². The number of aliphatic carboxylic acids is 1. The number of rotatable bonds is 6. The molecule has 6 heteroatoms. The van der Waals surface area contributed by atoms with Gasteiger partial charge in [-0.1, -0.05) is 26.3 Å². The van der Waals surface area contributed by atoms with Crippen molar-refractivity contribution in [2.75, 3.05) is 11.4 Å². The molecular weight excluding hydrogens is 296 g/mol. The van der Waals surface area contributed by atoms with Crippen LogP contribution >= 0.6 is 0 Å². The summed E-state index contributed by atoms with van der Waals surface area (Å²) in [5.41, 5.74) is 1.03. The van der Waals surface area contributed by atoms with Gasteiger partial charge in [0.2, 0.25) is 5.91 Å². The maximum absolute atomic E-state index is 12.4. The normalized spacial score (nSPS) is 17.0. The molecule has 2 rings (SSSR count). The topological polar surface area (TPSA) is 86.7 Å². The lowest BCUT2D eigenvalue weighted by molar-refractivity contribution is -0.140. The molecule has 1 saturated heterocycles. The van der Waals surface area contributed by atoms with E-state index in [2.05, 4.69) is 5.32 Å². The number of hydrogen-bond donors (Lipinski definition) is 2. The maximum Gasteiger partial charge on any atom is 0.326 e. The molecule has 2 unspecified atom stereocenters. The summed E-state index contributed by atoms with van der Waals surface area (Å²) in [6.45, 7) is 4.32. The summed E-state index contributed by atoms with van der Waals surface area (Å²) in [7, 11) is 0. The van der Waals surface area contributed by atoms with Crippen LogP contribution in [0.4, 0.5) is 5.69 Å². The first-order valence-electron chi connectivity index (χ1n) is 7.88. The summed E-state index contributed by atoms with van der Waals surface area (Å²) in [5, 5.41) is 11.8. The lowest BCUT2D eigenvalue weighted by Crippen LogP contribution is -2.45. The highest BCUT2D eigenvalue weighted by Gasteiger charge is 2.26. The Hall–Kier alpha value is -2.37. The Morgan fingerprint density at radius 2 is 2.13 bits per heavy atom. The number of amides is 2. The first kappa shape index (κ1) is 17.0. The van der Waals surface area contributed by atoms with Crippen molar-refractivity contribution in [2.45, 2.75) is 39.2 Å². The molecule has 0 saturated carbocycles. The predicted octanol–water partition coefficient (Wildman–Crippen LogP) is 2.04. The van der Waals surface area contributed by atoms with Gasteiger partial charge in [-0.05, 0) is 30.5 Å². The van der Waals surface area contributed by atoms with Gasteiger partial charge in [0.15, 0.2) is 0 Å². The van der Waals surface area contributed by atoms with Crippen LogP contribution in [0.25, 0.3) is 0 Å². The zero-order valence-electron chi connectivity index (χ0n) is 13.4. The molecule has 0 aromatic heterocycles. The minimum atomic E-state index is -1.04. The lowest BCUT2D eigenvalue weighted by Gasteiger charge is -2.21. The van der Waals surface area contributed by atoms with Crippen molar-refractivity contribution in [1.29, 1.82) is 0 Å². The Kier molecular flexibility index (Phi) is 5.36. The zero-order chi connectivity index (χ0) is 17.0. The summed E-state index contributed by atoms with van der Waals surface area (Å²) >= 11 is 0. The second-order valence-corrected chi connectivity index (χ2v) is 5.87. The molecule has 1 aliphatic heterocycles. The van der Waals surface area contributed by atoms with E-state index in [0.29, 0.717) is 30.6 Å². The predicted molar refractivity (Wildman–Crippen MR) is 86.4 cm³/mol. The molecule has 1 aliphatic rings. The minimum absolute atomic E-state index is 0.0468. The Morgan fingerprint density at radius 1 is 1.39 bits per heavy atom. The van der Waals surface area contributed by atoms with E-state index in [1.54, 1.807) is 36.1 Å². The number of benzene rings is 1. The molecule has 124 valence electrons. The molecule has 1 fully saturated rings. The number of carboxylic acids is 1. The number of carbonyl (C=O) groups is 3. The number of anilines is 1. The fourth-order valence-electron chi connectivity index (χ4n) is 2.64. The fraction of sp³-hybridized carbons (Fsp3) is 0.471. The van der Waals surface area contributed by atoms with Crippen molar-refractivity contribution in [1.82, 2.24) is 5.32 Å². The highest BCUT2D eigenvalue weighted by molar-refractivity contribution is 6.00. The minimum Gasteiger partial charge on any atom is -0.480 e. The van der Waals surface area contributed by atoms with Gasteiger partial charge in [0.05, 0.1) is 0 Å². The zero-order valence-corrected chi connectivity index (χ0v) is 13.4. The summed E-state index contributed by atoms with van der Waals surface area (Å²) in [6.07, 6.45) is 1.98. The molecule has 0 aliphatic carbocycles. The van der Waals surface area contributed by atoms with E-state index in [-0.39, 0.29) is 11.8 Å². The molecule has 0 radical (unpaired) electrons. The molecule has 2 amide bonds. The van der Waals surface area contributed by atoms with Gasteiger partial charge in [-0.15, -0.1) is 0 Å². The average molecular weight is 318 g/mol. The maximum atomic E-state index is 12.4. The second kappa shape index (κ2) is 7.26. The fourth-order valence-corrected chi connectivity index (χ4v) is 2.64. The molecule has 6 nitrogen and oxygen atoms in total. The van der Waals surface area contributed by atoms with E-state index in [1.807, 2.05) is 6.92 Å². The van der Waals surface area contributed by atoms with Crippen molar-refractivity contribution in [3.05, 3.63) is 29.8 Å². The smallest absolute Gasteiger partial charge is 0.326 e. The van der Waals surface area contributed by atoms with Crippen molar-refractivity contribution in [2.24, 2.45) is 5.92 Å². The summed E-state index contributed by atoms with van der Waals surface area (Å²) in [6, 6.07) is 5.81. The highest BCUT2D eigenvalue weighted by Crippen LogP contribution is 2.22. The molecule has 2 N–H and O–H groups in total. The molecule has 1 heterocycles. The quantitative estimate of drug-likeness (QED) is 0.840. The van der Waals surface area contributed by atoms with Crippen LogP contribution < -0.4 is 10.2 Å². The number of carbonyl (C=O) groups excluding carboxylic acids is 2. The standard InChI is InChI=1S/C17H22N2O4/c1-3-11(2)15(17(22)23)18-16(21)12-6-4-7-13(10-12)19-9-5-8-14(19)20/h4,6-7,10-11,15H,3,5,8-9H2,1-2H3,(H,18,21)(H,22,23). The molecule has 2 atom stereocenters. The van der Waals surface area contributed by atoms with Gasteiger partial charge in [-0.3, -0.25) is 9.59 Å². The Labute approximate surface area is 135 Å². The van der Waals surface area contributed by atoms with E-state index >= 15 is 0 Å². The van der Waals surface area contributed by atoms with Crippen molar-refractivity contribution in [3.8, 4) is 0 Å². The van der Waals surface area contributed by atoms with Crippen LogP contribution in [0.3, 0.4) is 0 Å². The number of hydrogen-bond acceptors (Lipinski definition) is 3. The Morgan fingerprint density at radius 3 is 2.70 bits per heavy atom. The third-order valence-corrected chi connectivity index (χ3v) is 4.26. The van der Waals surface area contributed by atoms with Gasteiger partial charge in [0, 0.05) is 24.2 Å². The van der Waals surface area contributed by atoms with Crippen LogP contribution in [0, 0.1) is 5.92 Å². The van der Waals surface area contributed by atoms with Gasteiger partial charge in [0.25, 0.3) is 5.91 Å². The molecule has 23 heavy (non-hydrogen) atoms. The van der Waals surface area contributed by atoms with Crippen molar-refractivity contribution >= 4 is 23.5 Å². The average Bonchev–Trinajstić information content (AvgIpc) is 2.97. The SMILES string of the molecule is CCC(C)C(NC(=O)c1cccc(N2CCCC2=O)c1)C(=O)O. The van der Waals surface area contributed by atoms with E-state index in [1.165, 1.54) is 0 Å². The number of nitrogens with one attached hydrogen (secondary N) is 1. The monoisotopic (exact) mass is 318 g/mol. The lowest BCUT2D eigenvalue weighted by atomic mass is 9.99. The van der Waals surface area contributed by atoms with Crippen LogP contribution in [0.5, 0.6) is 0 Å². The van der Waals surface area contributed by atoms with Crippen molar-refractivity contribution in [3.63, 3.8) is 0 Å². The van der Waals surface area contributed by atoms with Gasteiger partial charge in [0.1, 0.15) is 6.04 Å². The summed E-state index contributed by atoms with van der Waals surface area (Å²) in [5.74, 6) is -1.60. The summed E-state index contributed by atoms with van der Waals surface area (Å²) < 4.78 is 0. The molecule has 1 aromatic carbocycles. The van der Waals surface area contributed by atoms with Crippen LogP contribution in [0.1, 0.15) is 43.5 Å². The molecular formula is C17H22N2O4. The molecule has 0 spiro atoms. The van der Waals surface area contributed by atoms with Gasteiger partial charge >= 0.3 is 5.97 Å². The van der Waals surface area contributed by atoms with Gasteiger partial charge in [-0.25, -0.2) is 4.79 Å². The largest absolute Gasteiger partial charge is 0.480 e. The van der Waals surface area contributed by atoms with Crippen LogP contribution in [-0.2, 0) is 9.59 Å². The number of carboxylic acid groups (broad SMARTS) is 1. The second-order valence-electron chi connectivity index (χ2n) is 5.87. The van der Waals surface area contributed by atoms with E-state index < -0.39 is 17.9 Å². The molecule has 0 bridgehead atoms. The first-order chi connectivity index (χ1) is 10.9. The van der Waals surface area contributed by atoms with Gasteiger partial charge in [-0.2, -0.15) is 0 Å². The number of nitrogens with zero attached hydrogens (tertiary/aromatic N) is 1. The Balaban J connectivity index is 2.16. The van der Waals surface area contributed by atoms with Crippen molar-refractivity contribution < 1.29 is 19.5 Å². The summed E-state index contributed by atoms with van der Waals surface area (Å²) in [4.78, 5) is 37.1. The van der Waals surface area contributed by atoms with Crippen LogP contribution in [0.15, 0.2) is 24.3 Å². The third kappa shape index (κ3) is 3.88. The van der Waals surface area contributed by atoms with Gasteiger partial charge < -0.3 is 15.3 Å². The first-order valence-corrected chi connectivity index (χ1v) is 7.88. The highest BCUT2D eigenvalue weighted by atomic mass is 16.4. The van der Waals surface area contributed by atoms with E-state index in [0.717, 1.165) is 6.42 Å². The third-order valence-electron chi connectivity index (χ3n) is 4.26. The van der Waals surface area contributed by atoms with E-state index in [9.17, 15) is 19.5 Å². The van der Waals surface area contributed by atoms with Crippen LogP contribution in [-0.4, -0.2) is 35.5 Å².